The molecule has 2 aromatic heterocycles. The molecule has 2 heterocycles. The molecule has 0 spiro atoms. The topological polar surface area (TPSA) is 109 Å². The van der Waals surface area contributed by atoms with Gasteiger partial charge in [-0.15, -0.1) is 5.10 Å². The van der Waals surface area contributed by atoms with Crippen LogP contribution in [0.5, 0.6) is 0 Å². The van der Waals surface area contributed by atoms with Crippen LogP contribution in [0.1, 0.15) is 12.6 Å². The molecule has 0 unspecified atom stereocenters. The molecule has 3 rings (SSSR count). The third kappa shape index (κ3) is 2.40. The largest absolute Gasteiger partial charge is 0.383 e. The molecule has 0 bridgehead atoms. The third-order valence-electron chi connectivity index (χ3n) is 3.13. The highest BCUT2D eigenvalue weighted by atomic mass is 15.4. The average molecular weight is 281 g/mol. The van der Waals surface area contributed by atoms with Gasteiger partial charge in [-0.05, 0) is 18.6 Å². The van der Waals surface area contributed by atoms with Crippen LogP contribution in [0.3, 0.4) is 0 Å². The van der Waals surface area contributed by atoms with Crippen molar-refractivity contribution in [2.75, 3.05) is 11.5 Å². The lowest BCUT2D eigenvalue weighted by Crippen LogP contribution is -2.06. The molecule has 0 radical (unpaired) electrons. The maximum atomic E-state index is 5.97. The monoisotopic (exact) mass is 281 g/mol. The molecular formula is C14H15N7. The van der Waals surface area contributed by atoms with E-state index in [-0.39, 0.29) is 5.95 Å². The van der Waals surface area contributed by atoms with Gasteiger partial charge in [-0.3, -0.25) is 0 Å². The molecule has 0 saturated heterocycles. The number of benzene rings is 1. The fraction of sp³-hybridized carbons (Fsp3) is 0.143. The minimum Gasteiger partial charge on any atom is -0.383 e. The third-order valence-corrected chi connectivity index (χ3v) is 3.13. The summed E-state index contributed by atoms with van der Waals surface area (Å²) in [6.45, 7) is 1.98. The lowest BCUT2D eigenvalue weighted by Gasteiger charge is -2.07. The molecule has 4 N–H and O–H groups in total. The van der Waals surface area contributed by atoms with Crippen LogP contribution in [0.2, 0.25) is 0 Å². The molecule has 0 fully saturated rings. The van der Waals surface area contributed by atoms with E-state index in [2.05, 4.69) is 20.3 Å². The Morgan fingerprint density at radius 3 is 2.57 bits per heavy atom. The zero-order chi connectivity index (χ0) is 14.8. The average Bonchev–Trinajstić information content (AvgIpc) is 2.96. The first-order valence-corrected chi connectivity index (χ1v) is 6.59. The molecule has 3 aromatic rings. The Morgan fingerprint density at radius 1 is 1.10 bits per heavy atom. The first-order valence-electron chi connectivity index (χ1n) is 6.59. The standard InChI is InChI=1S/C14H15N7/c1-2-10-12(13(15)18-14(16)17-10)11-8-21(20-19-11)9-6-4-3-5-7-9/h3-8H,2H2,1H3,(H4,15,16,17,18). The van der Waals surface area contributed by atoms with Gasteiger partial charge in [-0.2, -0.15) is 4.98 Å². The van der Waals surface area contributed by atoms with E-state index in [4.69, 9.17) is 11.5 Å². The van der Waals surface area contributed by atoms with E-state index in [1.807, 2.05) is 37.3 Å². The van der Waals surface area contributed by atoms with Gasteiger partial charge in [0.25, 0.3) is 0 Å². The molecule has 106 valence electrons. The molecule has 0 amide bonds. The van der Waals surface area contributed by atoms with E-state index in [9.17, 15) is 0 Å². The van der Waals surface area contributed by atoms with E-state index < -0.39 is 0 Å². The Morgan fingerprint density at radius 2 is 1.86 bits per heavy atom. The Balaban J connectivity index is 2.09. The summed E-state index contributed by atoms with van der Waals surface area (Å²) in [4.78, 5) is 8.23. The minimum absolute atomic E-state index is 0.170. The molecule has 0 aliphatic carbocycles. The van der Waals surface area contributed by atoms with Gasteiger partial charge in [0.2, 0.25) is 5.95 Å². The molecule has 7 nitrogen and oxygen atoms in total. The van der Waals surface area contributed by atoms with Crippen molar-refractivity contribution < 1.29 is 0 Å². The first-order chi connectivity index (χ1) is 10.2. The highest BCUT2D eigenvalue weighted by molar-refractivity contribution is 5.73. The highest BCUT2D eigenvalue weighted by Crippen LogP contribution is 2.27. The molecule has 21 heavy (non-hydrogen) atoms. The van der Waals surface area contributed by atoms with Gasteiger partial charge < -0.3 is 11.5 Å². The summed E-state index contributed by atoms with van der Waals surface area (Å²) in [5.41, 5.74) is 14.6. The fourth-order valence-electron chi connectivity index (χ4n) is 2.17. The van der Waals surface area contributed by atoms with E-state index >= 15 is 0 Å². The number of para-hydroxylation sites is 1. The van der Waals surface area contributed by atoms with Gasteiger partial charge in [0.1, 0.15) is 11.5 Å². The van der Waals surface area contributed by atoms with Crippen molar-refractivity contribution in [2.45, 2.75) is 13.3 Å². The van der Waals surface area contributed by atoms with Crippen molar-refractivity contribution >= 4 is 11.8 Å². The van der Waals surface area contributed by atoms with Gasteiger partial charge in [0.05, 0.1) is 23.1 Å². The Kier molecular flexibility index (Phi) is 3.23. The second kappa shape index (κ2) is 5.20. The van der Waals surface area contributed by atoms with E-state index in [0.717, 1.165) is 11.4 Å². The van der Waals surface area contributed by atoms with Crippen LogP contribution in [0.15, 0.2) is 36.5 Å². The van der Waals surface area contributed by atoms with Crippen molar-refractivity contribution in [3.8, 4) is 16.9 Å². The smallest absolute Gasteiger partial charge is 0.222 e. The van der Waals surface area contributed by atoms with Crippen LogP contribution >= 0.6 is 0 Å². The normalized spacial score (nSPS) is 10.7. The number of hydrogen-bond acceptors (Lipinski definition) is 6. The van der Waals surface area contributed by atoms with E-state index in [1.54, 1.807) is 10.9 Å². The van der Waals surface area contributed by atoms with Gasteiger partial charge >= 0.3 is 0 Å². The number of aryl methyl sites for hydroxylation is 1. The molecule has 7 heteroatoms. The summed E-state index contributed by atoms with van der Waals surface area (Å²) in [5.74, 6) is 0.489. The van der Waals surface area contributed by atoms with Crippen LogP contribution in [-0.4, -0.2) is 25.0 Å². The molecule has 1 aromatic carbocycles. The van der Waals surface area contributed by atoms with Crippen molar-refractivity contribution in [3.63, 3.8) is 0 Å². The highest BCUT2D eigenvalue weighted by Gasteiger charge is 2.16. The molecular weight excluding hydrogens is 266 g/mol. The van der Waals surface area contributed by atoms with E-state index in [1.165, 1.54) is 0 Å². The van der Waals surface area contributed by atoms with Crippen molar-refractivity contribution in [3.05, 3.63) is 42.2 Å². The van der Waals surface area contributed by atoms with Crippen LogP contribution in [0, 0.1) is 0 Å². The summed E-state index contributed by atoms with van der Waals surface area (Å²) in [6, 6.07) is 9.72. The summed E-state index contributed by atoms with van der Waals surface area (Å²) in [7, 11) is 0. The van der Waals surface area contributed by atoms with Gasteiger partial charge in [-0.25, -0.2) is 9.67 Å². The van der Waals surface area contributed by atoms with Crippen molar-refractivity contribution in [1.82, 2.24) is 25.0 Å². The molecule has 0 atom stereocenters. The summed E-state index contributed by atoms with van der Waals surface area (Å²) in [6.07, 6.45) is 2.49. The van der Waals surface area contributed by atoms with Gasteiger partial charge in [0, 0.05) is 0 Å². The minimum atomic E-state index is 0.170. The quantitative estimate of drug-likeness (QED) is 0.752. The second-order valence-corrected chi connectivity index (χ2v) is 4.53. The van der Waals surface area contributed by atoms with Crippen LogP contribution in [0.25, 0.3) is 16.9 Å². The zero-order valence-electron chi connectivity index (χ0n) is 11.6. The van der Waals surface area contributed by atoms with Crippen LogP contribution in [-0.2, 0) is 6.42 Å². The molecule has 0 aliphatic heterocycles. The van der Waals surface area contributed by atoms with Crippen LogP contribution < -0.4 is 11.5 Å². The maximum absolute atomic E-state index is 5.97. The Bertz CT molecular complexity index is 764. The number of nitrogens with two attached hydrogens (primary N) is 2. The SMILES string of the molecule is CCc1nc(N)nc(N)c1-c1cn(-c2ccccc2)nn1. The zero-order valence-corrected chi connectivity index (χ0v) is 11.6. The van der Waals surface area contributed by atoms with Crippen molar-refractivity contribution in [1.29, 1.82) is 0 Å². The number of hydrogen-bond donors (Lipinski definition) is 2. The van der Waals surface area contributed by atoms with Crippen LogP contribution in [0.4, 0.5) is 11.8 Å². The number of nitrogen functional groups attached to an aromatic ring is 2. The van der Waals surface area contributed by atoms with Crippen molar-refractivity contribution in [2.24, 2.45) is 0 Å². The predicted molar refractivity (Wildman–Crippen MR) is 80.6 cm³/mol. The molecule has 0 aliphatic rings. The number of anilines is 2. The maximum Gasteiger partial charge on any atom is 0.222 e. The van der Waals surface area contributed by atoms with Gasteiger partial charge in [0.15, 0.2) is 0 Å². The molecule has 0 saturated carbocycles. The Labute approximate surface area is 121 Å². The predicted octanol–water partition coefficient (Wildman–Crippen LogP) is 1.45. The second-order valence-electron chi connectivity index (χ2n) is 4.53. The summed E-state index contributed by atoms with van der Waals surface area (Å²) in [5, 5.41) is 8.30. The fourth-order valence-corrected chi connectivity index (χ4v) is 2.17. The first kappa shape index (κ1) is 13.0. The van der Waals surface area contributed by atoms with E-state index in [0.29, 0.717) is 23.5 Å². The summed E-state index contributed by atoms with van der Waals surface area (Å²) >= 11 is 0. The lowest BCUT2D eigenvalue weighted by atomic mass is 10.1. The summed E-state index contributed by atoms with van der Waals surface area (Å²) < 4.78 is 1.69. The number of rotatable bonds is 3. The van der Waals surface area contributed by atoms with Gasteiger partial charge in [-0.1, -0.05) is 30.3 Å². The number of aromatic nitrogens is 5. The lowest BCUT2D eigenvalue weighted by molar-refractivity contribution is 0.803. The number of nitrogens with zero attached hydrogens (tertiary/aromatic N) is 5. The Hall–Kier alpha value is -2.96.